The van der Waals surface area contributed by atoms with Crippen molar-refractivity contribution >= 4 is 43.9 Å². The van der Waals surface area contributed by atoms with E-state index in [2.05, 4.69) is 11.7 Å². The summed E-state index contributed by atoms with van der Waals surface area (Å²) in [6.07, 6.45) is 13.3. The summed E-state index contributed by atoms with van der Waals surface area (Å²) in [5.74, 6) is 0.388. The maximum Gasteiger partial charge on any atom is 2.00 e. The maximum absolute atomic E-state index is 10.4. The molecule has 0 unspecified atom stereocenters. The second kappa shape index (κ2) is 15.3. The molecule has 0 bridgehead atoms. The number of aryl methyl sites for hydroxylation is 1. The second-order valence-electron chi connectivity index (χ2n) is 5.94. The minimum absolute atomic E-state index is 0. The molecule has 1 aromatic rings. The summed E-state index contributed by atoms with van der Waals surface area (Å²) in [5, 5.41) is 8.52. The van der Waals surface area contributed by atoms with Gasteiger partial charge in [-0.25, -0.2) is 4.79 Å². The molecule has 0 heterocycles. The van der Waals surface area contributed by atoms with Gasteiger partial charge in [0.15, 0.2) is 0 Å². The molecule has 0 aliphatic rings. The molecule has 23 heavy (non-hydrogen) atoms. The Morgan fingerprint density at radius 3 is 1.87 bits per heavy atom. The molecule has 0 amide bonds. The van der Waals surface area contributed by atoms with E-state index >= 15 is 0 Å². The average Bonchev–Trinajstić information content (AvgIpc) is 2.50. The molecular formula is C19H32CaO3. The van der Waals surface area contributed by atoms with Gasteiger partial charge in [0, 0.05) is 0 Å². The summed E-state index contributed by atoms with van der Waals surface area (Å²) in [4.78, 5) is 10.4. The van der Waals surface area contributed by atoms with Gasteiger partial charge in [0.2, 0.25) is 0 Å². The fraction of sp³-hybridized carbons (Fsp3) is 0.632. The van der Waals surface area contributed by atoms with E-state index in [1.807, 2.05) is 12.1 Å². The van der Waals surface area contributed by atoms with E-state index in [-0.39, 0.29) is 40.6 Å². The molecular weight excluding hydrogens is 316 g/mol. The third kappa shape index (κ3) is 12.8. The Hall–Kier alpha value is -0.250. The average molecular weight is 349 g/mol. The molecule has 1 rings (SSSR count). The van der Waals surface area contributed by atoms with Gasteiger partial charge in [-0.2, -0.15) is 0 Å². The predicted octanol–water partition coefficient (Wildman–Crippen LogP) is 6.05. The zero-order chi connectivity index (χ0) is 16.0. The van der Waals surface area contributed by atoms with Crippen molar-refractivity contribution in [1.82, 2.24) is 0 Å². The van der Waals surface area contributed by atoms with Crippen molar-refractivity contribution in [3.63, 3.8) is 0 Å². The van der Waals surface area contributed by atoms with Gasteiger partial charge in [-0.3, -0.25) is 0 Å². The van der Waals surface area contributed by atoms with Gasteiger partial charge < -0.3 is 12.7 Å². The van der Waals surface area contributed by atoms with Gasteiger partial charge in [0.05, 0.1) is 0 Å². The Bertz CT molecular complexity index is 414. The SMILES string of the molecule is CCCCCCCCCCCCc1ccc(OC(=O)O)cc1.[Ca+2].[H-].[H-]. The van der Waals surface area contributed by atoms with E-state index in [0.717, 1.165) is 6.42 Å². The Balaban J connectivity index is -0.00000161. The quantitative estimate of drug-likeness (QED) is 0.216. The van der Waals surface area contributed by atoms with Crippen molar-refractivity contribution in [3.8, 4) is 5.75 Å². The Morgan fingerprint density at radius 1 is 0.913 bits per heavy atom. The summed E-state index contributed by atoms with van der Waals surface area (Å²) < 4.78 is 4.59. The van der Waals surface area contributed by atoms with Gasteiger partial charge in [0.25, 0.3) is 0 Å². The summed E-state index contributed by atoms with van der Waals surface area (Å²) >= 11 is 0. The molecule has 3 nitrogen and oxygen atoms in total. The second-order valence-corrected chi connectivity index (χ2v) is 5.94. The minimum Gasteiger partial charge on any atom is -1.00 e. The molecule has 0 saturated carbocycles. The van der Waals surface area contributed by atoms with Crippen LogP contribution >= 0.6 is 0 Å². The van der Waals surface area contributed by atoms with Gasteiger partial charge in [-0.15, -0.1) is 0 Å². The van der Waals surface area contributed by atoms with E-state index in [1.54, 1.807) is 12.1 Å². The first-order valence-electron chi connectivity index (χ1n) is 8.72. The molecule has 0 aliphatic heterocycles. The first-order valence-corrected chi connectivity index (χ1v) is 8.72. The van der Waals surface area contributed by atoms with E-state index in [4.69, 9.17) is 5.11 Å². The van der Waals surface area contributed by atoms with Crippen LogP contribution in [-0.2, 0) is 6.42 Å². The van der Waals surface area contributed by atoms with Crippen LogP contribution in [0.25, 0.3) is 0 Å². The number of carbonyl (C=O) groups is 1. The number of carboxylic acid groups (broad SMARTS) is 1. The Morgan fingerprint density at radius 2 is 1.39 bits per heavy atom. The van der Waals surface area contributed by atoms with Crippen molar-refractivity contribution in [2.75, 3.05) is 0 Å². The van der Waals surface area contributed by atoms with Crippen LogP contribution in [0.2, 0.25) is 0 Å². The summed E-state index contributed by atoms with van der Waals surface area (Å²) in [5.41, 5.74) is 1.25. The van der Waals surface area contributed by atoms with Crippen LogP contribution in [0, 0.1) is 0 Å². The van der Waals surface area contributed by atoms with Crippen molar-refractivity contribution in [1.29, 1.82) is 0 Å². The maximum atomic E-state index is 10.4. The molecule has 0 fully saturated rings. The molecule has 0 saturated heterocycles. The largest absolute Gasteiger partial charge is 2.00 e. The van der Waals surface area contributed by atoms with Crippen LogP contribution in [-0.4, -0.2) is 49.0 Å². The number of hydrogen-bond donors (Lipinski definition) is 1. The van der Waals surface area contributed by atoms with Crippen molar-refractivity contribution in [2.24, 2.45) is 0 Å². The minimum atomic E-state index is -1.26. The zero-order valence-electron chi connectivity index (χ0n) is 16.6. The van der Waals surface area contributed by atoms with Crippen LogP contribution in [0.15, 0.2) is 24.3 Å². The standard InChI is InChI=1S/C19H30O3.Ca.2H/c1-2-3-4-5-6-7-8-9-10-11-12-17-13-15-18(16-14-17)22-19(20)21;;;/h13-16H,2-12H2,1H3,(H,20,21);;;/q;+2;2*-1. The normalized spacial score (nSPS) is 10.1. The number of unbranched alkanes of at least 4 members (excludes halogenated alkanes) is 9. The van der Waals surface area contributed by atoms with Crippen molar-refractivity contribution < 1.29 is 17.5 Å². The van der Waals surface area contributed by atoms with Gasteiger partial charge >= 0.3 is 43.9 Å². The van der Waals surface area contributed by atoms with E-state index in [0.29, 0.717) is 5.75 Å². The molecule has 0 aliphatic carbocycles. The number of benzene rings is 1. The zero-order valence-corrected chi connectivity index (χ0v) is 16.8. The summed E-state index contributed by atoms with van der Waals surface area (Å²) in [6, 6.07) is 7.34. The first-order chi connectivity index (χ1) is 10.7. The first kappa shape index (κ1) is 22.7. The van der Waals surface area contributed by atoms with Gasteiger partial charge in [-0.05, 0) is 30.5 Å². The summed E-state index contributed by atoms with van der Waals surface area (Å²) in [7, 11) is 0. The molecule has 0 spiro atoms. The van der Waals surface area contributed by atoms with Crippen LogP contribution < -0.4 is 4.74 Å². The van der Waals surface area contributed by atoms with Crippen LogP contribution in [0.4, 0.5) is 4.79 Å². The van der Waals surface area contributed by atoms with Crippen LogP contribution in [0.3, 0.4) is 0 Å². The van der Waals surface area contributed by atoms with Gasteiger partial charge in [-0.1, -0.05) is 76.8 Å². The molecule has 1 N–H and O–H groups in total. The third-order valence-corrected chi connectivity index (χ3v) is 3.95. The Kier molecular flexibility index (Phi) is 15.1. The summed E-state index contributed by atoms with van der Waals surface area (Å²) in [6.45, 7) is 2.26. The number of hydrogen-bond acceptors (Lipinski definition) is 2. The molecule has 4 heteroatoms. The van der Waals surface area contributed by atoms with Crippen molar-refractivity contribution in [3.05, 3.63) is 29.8 Å². The topological polar surface area (TPSA) is 46.5 Å². The smallest absolute Gasteiger partial charge is 1.00 e. The van der Waals surface area contributed by atoms with E-state index < -0.39 is 6.16 Å². The monoisotopic (exact) mass is 348 g/mol. The Labute approximate surface area is 173 Å². The van der Waals surface area contributed by atoms with Gasteiger partial charge in [0.1, 0.15) is 5.75 Å². The third-order valence-electron chi connectivity index (χ3n) is 3.95. The molecule has 0 radical (unpaired) electrons. The molecule has 0 aromatic heterocycles. The molecule has 128 valence electrons. The molecule has 0 atom stereocenters. The van der Waals surface area contributed by atoms with Crippen LogP contribution in [0.1, 0.15) is 79.5 Å². The van der Waals surface area contributed by atoms with Crippen LogP contribution in [0.5, 0.6) is 5.75 Å². The van der Waals surface area contributed by atoms with Crippen molar-refractivity contribution in [2.45, 2.75) is 77.6 Å². The number of ether oxygens (including phenoxy) is 1. The fourth-order valence-electron chi connectivity index (χ4n) is 2.64. The number of rotatable bonds is 12. The van der Waals surface area contributed by atoms with E-state index in [9.17, 15) is 4.79 Å². The predicted molar refractivity (Wildman–Crippen MR) is 98.6 cm³/mol. The van der Waals surface area contributed by atoms with E-state index in [1.165, 1.54) is 69.8 Å². The fourth-order valence-corrected chi connectivity index (χ4v) is 2.64. The molecule has 1 aromatic carbocycles.